The summed E-state index contributed by atoms with van der Waals surface area (Å²) >= 11 is 1.77. The summed E-state index contributed by atoms with van der Waals surface area (Å²) in [6.45, 7) is 5.28. The summed E-state index contributed by atoms with van der Waals surface area (Å²) in [6.07, 6.45) is 5.91. The minimum Gasteiger partial charge on any atom is -0.352 e. The van der Waals surface area contributed by atoms with E-state index < -0.39 is 0 Å². The number of nitrogens with one attached hydrogen (secondary N) is 2. The second-order valence-electron chi connectivity index (χ2n) is 6.32. The number of rotatable bonds is 3. The lowest BCUT2D eigenvalue weighted by Gasteiger charge is -2.23. The monoisotopic (exact) mass is 292 g/mol. The van der Waals surface area contributed by atoms with E-state index in [0.717, 1.165) is 44.0 Å². The molecule has 0 bridgehead atoms. The van der Waals surface area contributed by atoms with Crippen LogP contribution in [-0.2, 0) is 12.8 Å². The van der Waals surface area contributed by atoms with Crippen LogP contribution in [0.15, 0.2) is 5.38 Å². The van der Waals surface area contributed by atoms with Crippen molar-refractivity contribution in [2.24, 2.45) is 11.8 Å². The maximum atomic E-state index is 12.4. The lowest BCUT2D eigenvalue weighted by atomic mass is 9.88. The van der Waals surface area contributed by atoms with E-state index in [1.165, 1.54) is 29.7 Å². The maximum Gasteiger partial charge on any atom is 0.252 e. The first-order valence-electron chi connectivity index (χ1n) is 7.82. The van der Waals surface area contributed by atoms with Gasteiger partial charge in [0.15, 0.2) is 0 Å². The fourth-order valence-corrected chi connectivity index (χ4v) is 4.54. The predicted octanol–water partition coefficient (Wildman–Crippen LogP) is 2.60. The summed E-state index contributed by atoms with van der Waals surface area (Å²) in [6, 6.07) is 0. The smallest absolute Gasteiger partial charge is 0.252 e. The number of hydrogen-bond donors (Lipinski definition) is 2. The third-order valence-corrected chi connectivity index (χ3v) is 5.65. The van der Waals surface area contributed by atoms with Crippen molar-refractivity contribution in [3.63, 3.8) is 0 Å². The van der Waals surface area contributed by atoms with Crippen LogP contribution in [0.25, 0.3) is 0 Å². The molecule has 2 unspecified atom stereocenters. The van der Waals surface area contributed by atoms with E-state index in [4.69, 9.17) is 0 Å². The van der Waals surface area contributed by atoms with E-state index in [2.05, 4.69) is 22.9 Å². The molecule has 1 aliphatic carbocycles. The zero-order valence-corrected chi connectivity index (χ0v) is 13.0. The predicted molar refractivity (Wildman–Crippen MR) is 83.4 cm³/mol. The lowest BCUT2D eigenvalue weighted by molar-refractivity contribution is 0.0944. The van der Waals surface area contributed by atoms with Crippen LogP contribution in [-0.4, -0.2) is 25.5 Å². The van der Waals surface area contributed by atoms with Gasteiger partial charge in [-0.15, -0.1) is 11.3 Å². The molecule has 2 N–H and O–H groups in total. The summed E-state index contributed by atoms with van der Waals surface area (Å²) in [7, 11) is 0. The average molecular weight is 292 g/mol. The molecule has 1 aromatic heterocycles. The Balaban J connectivity index is 1.60. The molecule has 0 radical (unpaired) electrons. The zero-order chi connectivity index (χ0) is 13.9. The second kappa shape index (κ2) is 6.27. The highest BCUT2D eigenvalue weighted by Gasteiger charge is 2.23. The third-order valence-electron chi connectivity index (χ3n) is 4.60. The van der Waals surface area contributed by atoms with Crippen LogP contribution in [0.4, 0.5) is 0 Å². The molecule has 1 saturated heterocycles. The fraction of sp³-hybridized carbons (Fsp3) is 0.688. The Hall–Kier alpha value is -0.870. The minimum absolute atomic E-state index is 0.141. The molecule has 3 nitrogen and oxygen atoms in total. The molecule has 20 heavy (non-hydrogen) atoms. The molecule has 1 aromatic rings. The molecule has 0 saturated carbocycles. The standard InChI is InChI=1S/C16H24N2OS/c1-11-4-5-13-14(10-20-15(13)7-11)16(19)18-9-12-3-2-6-17-8-12/h10-12,17H,2-9H2,1H3,(H,18,19). The molecular weight excluding hydrogens is 268 g/mol. The van der Waals surface area contributed by atoms with Crippen molar-refractivity contribution in [2.45, 2.75) is 39.0 Å². The van der Waals surface area contributed by atoms with Gasteiger partial charge in [0, 0.05) is 16.8 Å². The van der Waals surface area contributed by atoms with Crippen LogP contribution < -0.4 is 10.6 Å². The second-order valence-corrected chi connectivity index (χ2v) is 7.29. The Morgan fingerprint density at radius 1 is 1.50 bits per heavy atom. The number of fused-ring (bicyclic) bond motifs is 1. The highest BCUT2D eigenvalue weighted by Crippen LogP contribution is 2.32. The number of thiophene rings is 1. The normalized spacial score (nSPS) is 26.1. The van der Waals surface area contributed by atoms with Crippen LogP contribution in [0, 0.1) is 11.8 Å². The van der Waals surface area contributed by atoms with Crippen molar-refractivity contribution in [1.29, 1.82) is 0 Å². The van der Waals surface area contributed by atoms with Gasteiger partial charge in [-0.2, -0.15) is 0 Å². The van der Waals surface area contributed by atoms with E-state index >= 15 is 0 Å². The van der Waals surface area contributed by atoms with Crippen LogP contribution in [0.1, 0.15) is 47.0 Å². The number of piperidine rings is 1. The van der Waals surface area contributed by atoms with Gasteiger partial charge in [-0.05, 0) is 62.6 Å². The molecule has 2 atom stereocenters. The third kappa shape index (κ3) is 3.07. The van der Waals surface area contributed by atoms with Crippen molar-refractivity contribution >= 4 is 17.2 Å². The highest BCUT2D eigenvalue weighted by molar-refractivity contribution is 7.10. The van der Waals surface area contributed by atoms with Crippen molar-refractivity contribution in [3.8, 4) is 0 Å². The summed E-state index contributed by atoms with van der Waals surface area (Å²) in [4.78, 5) is 13.8. The lowest BCUT2D eigenvalue weighted by Crippen LogP contribution is -2.38. The molecule has 2 aliphatic rings. The van der Waals surface area contributed by atoms with Gasteiger partial charge in [-0.3, -0.25) is 4.79 Å². The molecular formula is C16H24N2OS. The number of carbonyl (C=O) groups excluding carboxylic acids is 1. The highest BCUT2D eigenvalue weighted by atomic mass is 32.1. The summed E-state index contributed by atoms with van der Waals surface area (Å²) in [5.74, 6) is 1.51. The van der Waals surface area contributed by atoms with Crippen LogP contribution in [0.5, 0.6) is 0 Å². The first-order chi connectivity index (χ1) is 9.74. The molecule has 0 aromatic carbocycles. The molecule has 4 heteroatoms. The first-order valence-corrected chi connectivity index (χ1v) is 8.70. The molecule has 1 fully saturated rings. The maximum absolute atomic E-state index is 12.4. The SMILES string of the molecule is CC1CCc2c(C(=O)NCC3CCCNC3)csc2C1. The van der Waals surface area contributed by atoms with Crippen molar-refractivity contribution in [1.82, 2.24) is 10.6 Å². The van der Waals surface area contributed by atoms with E-state index in [1.54, 1.807) is 11.3 Å². The van der Waals surface area contributed by atoms with E-state index in [0.29, 0.717) is 5.92 Å². The van der Waals surface area contributed by atoms with Crippen LogP contribution in [0.3, 0.4) is 0 Å². The largest absolute Gasteiger partial charge is 0.352 e. The summed E-state index contributed by atoms with van der Waals surface area (Å²) < 4.78 is 0. The van der Waals surface area contributed by atoms with Crippen molar-refractivity contribution < 1.29 is 4.79 Å². The zero-order valence-electron chi connectivity index (χ0n) is 12.2. The quantitative estimate of drug-likeness (QED) is 0.899. The average Bonchev–Trinajstić information content (AvgIpc) is 2.89. The van der Waals surface area contributed by atoms with Crippen molar-refractivity contribution in [3.05, 3.63) is 21.4 Å². The molecule has 0 spiro atoms. The Labute approximate surface area is 125 Å². The van der Waals surface area contributed by atoms with Crippen LogP contribution >= 0.6 is 11.3 Å². The summed E-state index contributed by atoms with van der Waals surface area (Å²) in [5.41, 5.74) is 2.27. The Bertz CT molecular complexity index is 477. The van der Waals surface area contributed by atoms with E-state index in [-0.39, 0.29) is 5.91 Å². The van der Waals surface area contributed by atoms with Gasteiger partial charge in [0.1, 0.15) is 0 Å². The van der Waals surface area contributed by atoms with Gasteiger partial charge >= 0.3 is 0 Å². The van der Waals surface area contributed by atoms with Gasteiger partial charge in [-0.25, -0.2) is 0 Å². The van der Waals surface area contributed by atoms with Crippen LogP contribution in [0.2, 0.25) is 0 Å². The minimum atomic E-state index is 0.141. The molecule has 1 aliphatic heterocycles. The van der Waals surface area contributed by atoms with Gasteiger partial charge in [0.2, 0.25) is 0 Å². The number of carbonyl (C=O) groups is 1. The summed E-state index contributed by atoms with van der Waals surface area (Å²) in [5, 5.41) is 8.61. The first kappa shape index (κ1) is 14.1. The molecule has 2 heterocycles. The van der Waals surface area contributed by atoms with E-state index in [1.807, 2.05) is 0 Å². The Kier molecular flexibility index (Phi) is 4.41. The van der Waals surface area contributed by atoms with Gasteiger partial charge in [-0.1, -0.05) is 6.92 Å². The molecule has 1 amide bonds. The Morgan fingerprint density at radius 3 is 3.20 bits per heavy atom. The number of amides is 1. The topological polar surface area (TPSA) is 41.1 Å². The Morgan fingerprint density at radius 2 is 2.40 bits per heavy atom. The fourth-order valence-electron chi connectivity index (χ4n) is 3.30. The van der Waals surface area contributed by atoms with Crippen molar-refractivity contribution in [2.75, 3.05) is 19.6 Å². The van der Waals surface area contributed by atoms with E-state index in [9.17, 15) is 4.79 Å². The van der Waals surface area contributed by atoms with Gasteiger partial charge in [0.25, 0.3) is 5.91 Å². The number of hydrogen-bond acceptors (Lipinski definition) is 3. The molecule has 3 rings (SSSR count). The van der Waals surface area contributed by atoms with Gasteiger partial charge in [0.05, 0.1) is 5.56 Å². The molecule has 110 valence electrons. The van der Waals surface area contributed by atoms with Gasteiger partial charge < -0.3 is 10.6 Å².